The van der Waals surface area contributed by atoms with Gasteiger partial charge < -0.3 is 24.6 Å². The van der Waals surface area contributed by atoms with Crippen LogP contribution in [0.15, 0.2) is 11.8 Å². The van der Waals surface area contributed by atoms with Crippen LogP contribution in [-0.2, 0) is 16.0 Å². The van der Waals surface area contributed by atoms with E-state index in [4.69, 9.17) is 4.74 Å². The lowest BCUT2D eigenvalue weighted by molar-refractivity contribution is -0.137. The number of aromatic nitrogens is 1. The highest BCUT2D eigenvalue weighted by Gasteiger charge is 2.38. The third-order valence-electron chi connectivity index (χ3n) is 6.21. The predicted octanol–water partition coefficient (Wildman–Crippen LogP) is 3.33. The Morgan fingerprint density at radius 2 is 2.10 bits per heavy atom. The highest BCUT2D eigenvalue weighted by molar-refractivity contribution is 6.23. The van der Waals surface area contributed by atoms with Gasteiger partial charge in [-0.15, -0.1) is 0 Å². The zero-order valence-corrected chi connectivity index (χ0v) is 16.1. The summed E-state index contributed by atoms with van der Waals surface area (Å²) in [7, 11) is 0. The average molecular weight is 395 g/mol. The second-order valence-electron chi connectivity index (χ2n) is 7.99. The predicted molar refractivity (Wildman–Crippen MR) is 106 cm³/mol. The summed E-state index contributed by atoms with van der Waals surface area (Å²) in [5.74, 6) is -1.09. The largest absolute Gasteiger partial charge is 0.507 e. The van der Waals surface area contributed by atoms with E-state index in [0.29, 0.717) is 22.3 Å². The molecule has 2 aromatic rings. The van der Waals surface area contributed by atoms with Gasteiger partial charge in [0.25, 0.3) is 0 Å². The van der Waals surface area contributed by atoms with Crippen molar-refractivity contribution in [2.45, 2.75) is 51.4 Å². The van der Waals surface area contributed by atoms with E-state index in [1.807, 2.05) is 0 Å². The number of carboxylic acid groups (broad SMARTS) is 1. The minimum absolute atomic E-state index is 0.112. The van der Waals surface area contributed by atoms with Crippen LogP contribution in [0.5, 0.6) is 5.75 Å². The van der Waals surface area contributed by atoms with E-state index in [9.17, 15) is 24.9 Å². The molecule has 0 saturated heterocycles. The second-order valence-corrected chi connectivity index (χ2v) is 7.99. The molecular formula is C22H21NO6. The van der Waals surface area contributed by atoms with Crippen molar-refractivity contribution in [2.24, 2.45) is 0 Å². The van der Waals surface area contributed by atoms with E-state index in [2.05, 4.69) is 4.57 Å². The first-order valence-electron chi connectivity index (χ1n) is 9.74. The van der Waals surface area contributed by atoms with Crippen molar-refractivity contribution in [3.05, 3.63) is 39.8 Å². The first kappa shape index (κ1) is 18.0. The molecule has 2 aliphatic heterocycles. The number of phenolic OH excluding ortho intramolecular Hbond substituents is 1. The van der Waals surface area contributed by atoms with E-state index >= 15 is 0 Å². The number of benzene rings is 1. The Hall–Kier alpha value is -3.06. The first-order chi connectivity index (χ1) is 13.8. The van der Waals surface area contributed by atoms with Crippen molar-refractivity contribution in [1.29, 1.82) is 0 Å². The number of phenols is 1. The number of fused-ring (bicyclic) bond motifs is 5. The number of ketones is 1. The van der Waals surface area contributed by atoms with Crippen molar-refractivity contribution in [3.8, 4) is 5.75 Å². The van der Waals surface area contributed by atoms with Gasteiger partial charge in [-0.3, -0.25) is 9.59 Å². The molecule has 1 aromatic heterocycles. The number of ether oxygens (including phenoxy) is 1. The molecule has 3 aliphatic rings. The van der Waals surface area contributed by atoms with Gasteiger partial charge in [0.05, 0.1) is 23.2 Å². The quantitative estimate of drug-likeness (QED) is 0.736. The van der Waals surface area contributed by atoms with Crippen molar-refractivity contribution in [1.82, 2.24) is 4.57 Å². The van der Waals surface area contributed by atoms with Crippen molar-refractivity contribution in [3.63, 3.8) is 0 Å². The van der Waals surface area contributed by atoms with E-state index in [1.165, 1.54) is 6.08 Å². The molecule has 1 aliphatic carbocycles. The van der Waals surface area contributed by atoms with E-state index in [0.717, 1.165) is 29.6 Å². The summed E-state index contributed by atoms with van der Waals surface area (Å²) in [5, 5.41) is 31.3. The molecule has 7 nitrogen and oxygen atoms in total. The lowest BCUT2D eigenvalue weighted by Gasteiger charge is -2.28. The van der Waals surface area contributed by atoms with Crippen LogP contribution in [0.1, 0.15) is 71.6 Å². The zero-order valence-electron chi connectivity index (χ0n) is 16.1. The fourth-order valence-electron chi connectivity index (χ4n) is 5.12. The number of hydrogen-bond donors (Lipinski definition) is 3. The highest BCUT2D eigenvalue weighted by atomic mass is 16.5. The van der Waals surface area contributed by atoms with Gasteiger partial charge in [-0.05, 0) is 44.9 Å². The summed E-state index contributed by atoms with van der Waals surface area (Å²) in [6.45, 7) is 3.48. The number of rotatable bonds is 3. The normalized spacial score (nSPS) is 22.9. The minimum Gasteiger partial charge on any atom is -0.507 e. The van der Waals surface area contributed by atoms with Gasteiger partial charge >= 0.3 is 5.97 Å². The fraction of sp³-hybridized carbons (Fsp3) is 0.364. The monoisotopic (exact) mass is 395 g/mol. The SMILES string of the molecule is C[C@H]1OC(CC(=O)O)=Cc2c1c(O)c1c3c(c4n(c23)[C@H]([C@@H](C)O)CC4)C=CC1=O. The summed E-state index contributed by atoms with van der Waals surface area (Å²) in [6.07, 6.45) is 4.97. The van der Waals surface area contributed by atoms with E-state index in [1.54, 1.807) is 26.0 Å². The third kappa shape index (κ3) is 2.34. The van der Waals surface area contributed by atoms with Gasteiger partial charge in [0.15, 0.2) is 5.78 Å². The van der Waals surface area contributed by atoms with Gasteiger partial charge in [0.1, 0.15) is 24.0 Å². The average Bonchev–Trinajstić information content (AvgIpc) is 3.18. The van der Waals surface area contributed by atoms with Gasteiger partial charge in [0.2, 0.25) is 0 Å². The molecule has 3 N–H and O–H groups in total. The third-order valence-corrected chi connectivity index (χ3v) is 6.21. The molecule has 3 atom stereocenters. The maximum absolute atomic E-state index is 12.7. The van der Waals surface area contributed by atoms with Crippen LogP contribution in [0.2, 0.25) is 0 Å². The number of aromatic hydroxyl groups is 1. The molecule has 0 bridgehead atoms. The van der Waals surface area contributed by atoms with Crippen LogP contribution in [0.25, 0.3) is 23.1 Å². The Bertz CT molecular complexity index is 1170. The first-order valence-corrected chi connectivity index (χ1v) is 9.74. The maximum atomic E-state index is 12.7. The molecule has 0 fully saturated rings. The van der Waals surface area contributed by atoms with Crippen LogP contribution < -0.4 is 0 Å². The second kappa shape index (κ2) is 5.97. The van der Waals surface area contributed by atoms with Crippen molar-refractivity contribution >= 4 is 34.8 Å². The number of carbonyl (C=O) groups excluding carboxylic acids is 1. The number of carboxylic acids is 1. The summed E-state index contributed by atoms with van der Waals surface area (Å²) < 4.78 is 7.82. The van der Waals surface area contributed by atoms with Gasteiger partial charge in [-0.1, -0.05) is 0 Å². The Balaban J connectivity index is 1.94. The Morgan fingerprint density at radius 3 is 2.79 bits per heavy atom. The molecule has 0 saturated carbocycles. The molecule has 7 heteroatoms. The van der Waals surface area contributed by atoms with Crippen LogP contribution in [-0.4, -0.2) is 37.7 Å². The Labute approximate surface area is 166 Å². The Morgan fingerprint density at radius 1 is 1.34 bits per heavy atom. The summed E-state index contributed by atoms with van der Waals surface area (Å²) in [4.78, 5) is 23.9. The van der Waals surface area contributed by atoms with Crippen molar-refractivity contribution < 1.29 is 29.6 Å². The molecule has 0 spiro atoms. The van der Waals surface area contributed by atoms with E-state index in [-0.39, 0.29) is 29.6 Å². The van der Waals surface area contributed by atoms with Crippen molar-refractivity contribution in [2.75, 3.05) is 0 Å². The molecular weight excluding hydrogens is 374 g/mol. The van der Waals surface area contributed by atoms with Crippen LogP contribution in [0, 0.1) is 0 Å². The maximum Gasteiger partial charge on any atom is 0.311 e. The topological polar surface area (TPSA) is 109 Å². The molecule has 5 rings (SSSR count). The lowest BCUT2D eigenvalue weighted by Crippen LogP contribution is -2.19. The van der Waals surface area contributed by atoms with Gasteiger partial charge in [0, 0.05) is 27.8 Å². The minimum atomic E-state index is -1.01. The van der Waals surface area contributed by atoms with E-state index < -0.39 is 18.2 Å². The smallest absolute Gasteiger partial charge is 0.311 e. The number of nitrogens with zero attached hydrogens (tertiary/aromatic N) is 1. The van der Waals surface area contributed by atoms with Crippen LogP contribution >= 0.6 is 0 Å². The molecule has 29 heavy (non-hydrogen) atoms. The number of aliphatic hydroxyl groups excluding tert-OH is 1. The van der Waals surface area contributed by atoms with Crippen LogP contribution in [0.3, 0.4) is 0 Å². The van der Waals surface area contributed by atoms with Crippen LogP contribution in [0.4, 0.5) is 0 Å². The standard InChI is InChI=1S/C22H21NO6/c1-9(24)14-4-5-15-12-3-6-16(25)20-19(12)21(23(14)15)13-7-11(8-17(26)27)29-10(2)18(13)22(20)28/h3,6-7,9-10,14,24,28H,4-5,8H2,1-2H3,(H,26,27)/t9-,10-,14+/m1/s1. The fourth-order valence-corrected chi connectivity index (χ4v) is 5.12. The summed E-state index contributed by atoms with van der Waals surface area (Å²) >= 11 is 0. The zero-order chi connectivity index (χ0) is 20.6. The number of allylic oxidation sites excluding steroid dienone is 1. The molecule has 0 unspecified atom stereocenters. The number of aliphatic carboxylic acids is 1. The number of hydrogen-bond acceptors (Lipinski definition) is 5. The van der Waals surface area contributed by atoms with Gasteiger partial charge in [-0.2, -0.15) is 0 Å². The molecule has 1 aromatic carbocycles. The number of aliphatic hydroxyl groups is 1. The lowest BCUT2D eigenvalue weighted by atomic mass is 9.86. The molecule has 150 valence electrons. The molecule has 0 amide bonds. The molecule has 3 heterocycles. The molecule has 0 radical (unpaired) electrons. The summed E-state index contributed by atoms with van der Waals surface area (Å²) in [6, 6.07) is -0.154. The highest BCUT2D eigenvalue weighted by Crippen LogP contribution is 2.51. The van der Waals surface area contributed by atoms with Gasteiger partial charge in [-0.25, -0.2) is 0 Å². The number of carbonyl (C=O) groups is 2. The Kier molecular flexibility index (Phi) is 3.70. The summed E-state index contributed by atoms with van der Waals surface area (Å²) in [5.41, 5.74) is 4.08.